The number of thioether (sulfide) groups is 1. The van der Waals surface area contributed by atoms with Gasteiger partial charge in [-0.3, -0.25) is 4.79 Å². The van der Waals surface area contributed by atoms with Crippen molar-refractivity contribution in [3.8, 4) is 0 Å². The van der Waals surface area contributed by atoms with Crippen molar-refractivity contribution < 1.29 is 9.53 Å². The maximum atomic E-state index is 12.2. The SMILES string of the molecule is CSc1ncc2cc3n(c2n1)C1CCOCC1NC3=O. The van der Waals surface area contributed by atoms with Crippen LogP contribution >= 0.6 is 11.8 Å². The maximum absolute atomic E-state index is 12.2. The van der Waals surface area contributed by atoms with Crippen LogP contribution in [0.5, 0.6) is 0 Å². The lowest BCUT2D eigenvalue weighted by Crippen LogP contribution is -2.52. The first-order valence-electron chi connectivity index (χ1n) is 6.58. The van der Waals surface area contributed by atoms with E-state index in [1.807, 2.05) is 12.3 Å². The Morgan fingerprint density at radius 2 is 2.45 bits per heavy atom. The lowest BCUT2D eigenvalue weighted by atomic mass is 10.0. The predicted molar refractivity (Wildman–Crippen MR) is 75.0 cm³/mol. The second-order valence-corrected chi connectivity index (χ2v) is 5.82. The molecule has 0 aromatic carbocycles. The van der Waals surface area contributed by atoms with Gasteiger partial charge in [0.1, 0.15) is 11.3 Å². The van der Waals surface area contributed by atoms with Crippen LogP contribution in [-0.2, 0) is 4.74 Å². The summed E-state index contributed by atoms with van der Waals surface area (Å²) in [6.45, 7) is 1.28. The van der Waals surface area contributed by atoms with E-state index in [1.54, 1.807) is 6.20 Å². The topological polar surface area (TPSA) is 69.0 Å². The van der Waals surface area contributed by atoms with E-state index in [9.17, 15) is 4.79 Å². The average Bonchev–Trinajstić information content (AvgIpc) is 2.87. The van der Waals surface area contributed by atoms with Crippen LogP contribution in [0.15, 0.2) is 17.4 Å². The van der Waals surface area contributed by atoms with Crippen LogP contribution in [0.25, 0.3) is 11.0 Å². The smallest absolute Gasteiger partial charge is 0.268 e. The van der Waals surface area contributed by atoms with Gasteiger partial charge in [0.25, 0.3) is 5.91 Å². The minimum absolute atomic E-state index is 0.0343. The first kappa shape index (κ1) is 12.2. The Morgan fingerprint density at radius 1 is 1.55 bits per heavy atom. The van der Waals surface area contributed by atoms with Crippen molar-refractivity contribution in [2.24, 2.45) is 0 Å². The third-order valence-electron chi connectivity index (χ3n) is 3.94. The molecule has 0 radical (unpaired) electrons. The quantitative estimate of drug-likeness (QED) is 0.632. The molecule has 2 aliphatic rings. The molecule has 1 saturated heterocycles. The lowest BCUT2D eigenvalue weighted by molar-refractivity contribution is 0.0310. The summed E-state index contributed by atoms with van der Waals surface area (Å²) in [5.74, 6) is -0.0551. The van der Waals surface area contributed by atoms with Gasteiger partial charge in [-0.05, 0) is 18.7 Å². The van der Waals surface area contributed by atoms with Gasteiger partial charge in [-0.1, -0.05) is 11.8 Å². The average molecular weight is 290 g/mol. The van der Waals surface area contributed by atoms with Gasteiger partial charge in [0.2, 0.25) is 0 Å². The molecule has 20 heavy (non-hydrogen) atoms. The number of ether oxygens (including phenoxy) is 1. The zero-order valence-electron chi connectivity index (χ0n) is 11.0. The molecule has 2 aromatic heterocycles. The summed E-state index contributed by atoms with van der Waals surface area (Å²) < 4.78 is 7.54. The van der Waals surface area contributed by atoms with Crippen LogP contribution in [0.2, 0.25) is 0 Å². The number of fused-ring (bicyclic) bond motifs is 5. The summed E-state index contributed by atoms with van der Waals surface area (Å²) in [5, 5.41) is 4.67. The monoisotopic (exact) mass is 290 g/mol. The largest absolute Gasteiger partial charge is 0.379 e. The zero-order chi connectivity index (χ0) is 13.7. The Kier molecular flexibility index (Phi) is 2.71. The molecule has 2 atom stereocenters. The van der Waals surface area contributed by atoms with Gasteiger partial charge in [-0.15, -0.1) is 0 Å². The van der Waals surface area contributed by atoms with Crippen LogP contribution in [0.1, 0.15) is 23.0 Å². The lowest BCUT2D eigenvalue weighted by Gasteiger charge is -2.37. The second kappa shape index (κ2) is 4.46. The van der Waals surface area contributed by atoms with Crippen LogP contribution in [0.3, 0.4) is 0 Å². The molecule has 0 saturated carbocycles. The van der Waals surface area contributed by atoms with Gasteiger partial charge in [0, 0.05) is 18.2 Å². The molecule has 0 spiro atoms. The third kappa shape index (κ3) is 1.66. The summed E-state index contributed by atoms with van der Waals surface area (Å²) in [5.41, 5.74) is 1.53. The van der Waals surface area contributed by atoms with Crippen molar-refractivity contribution in [3.63, 3.8) is 0 Å². The molecule has 1 N–H and O–H groups in total. The zero-order valence-corrected chi connectivity index (χ0v) is 11.8. The number of rotatable bonds is 1. The normalized spacial score (nSPS) is 25.1. The number of carbonyl (C=O) groups excluding carboxylic acids is 1. The molecular weight excluding hydrogens is 276 g/mol. The number of aromatic nitrogens is 3. The molecule has 2 aromatic rings. The van der Waals surface area contributed by atoms with Gasteiger partial charge in [-0.25, -0.2) is 9.97 Å². The van der Waals surface area contributed by atoms with Crippen molar-refractivity contribution in [2.45, 2.75) is 23.7 Å². The minimum atomic E-state index is -0.0551. The fraction of sp³-hybridized carbons (Fsp3) is 0.462. The van der Waals surface area contributed by atoms with Crippen LogP contribution in [0.4, 0.5) is 0 Å². The molecule has 0 bridgehead atoms. The van der Waals surface area contributed by atoms with E-state index in [0.29, 0.717) is 12.3 Å². The fourth-order valence-electron chi connectivity index (χ4n) is 3.02. The number of hydrogen-bond acceptors (Lipinski definition) is 5. The standard InChI is InChI=1S/C13H14N4O2S/c1-20-13-14-5-7-4-10-12(18)15-8-6-19-3-2-9(8)17(10)11(7)16-13/h4-5,8-9H,2-3,6H2,1H3,(H,15,18). The van der Waals surface area contributed by atoms with E-state index in [0.717, 1.165) is 29.2 Å². The van der Waals surface area contributed by atoms with Crippen molar-refractivity contribution in [1.82, 2.24) is 19.9 Å². The van der Waals surface area contributed by atoms with Gasteiger partial charge < -0.3 is 14.6 Å². The van der Waals surface area contributed by atoms with Gasteiger partial charge in [-0.2, -0.15) is 0 Å². The molecule has 7 heteroatoms. The highest BCUT2D eigenvalue weighted by atomic mass is 32.2. The fourth-order valence-corrected chi connectivity index (χ4v) is 3.35. The van der Waals surface area contributed by atoms with E-state index in [2.05, 4.69) is 19.9 Å². The van der Waals surface area contributed by atoms with E-state index < -0.39 is 0 Å². The highest BCUT2D eigenvalue weighted by Crippen LogP contribution is 2.32. The van der Waals surface area contributed by atoms with E-state index >= 15 is 0 Å². The van der Waals surface area contributed by atoms with E-state index in [-0.39, 0.29) is 18.0 Å². The number of carbonyl (C=O) groups is 1. The summed E-state index contributed by atoms with van der Waals surface area (Å²) in [6.07, 6.45) is 4.63. The summed E-state index contributed by atoms with van der Waals surface area (Å²) in [7, 11) is 0. The minimum Gasteiger partial charge on any atom is -0.379 e. The van der Waals surface area contributed by atoms with Crippen molar-refractivity contribution in [3.05, 3.63) is 18.0 Å². The van der Waals surface area contributed by atoms with Gasteiger partial charge in [0.15, 0.2) is 5.16 Å². The third-order valence-corrected chi connectivity index (χ3v) is 4.50. The Bertz CT molecular complexity index is 699. The molecule has 4 rings (SSSR count). The first-order valence-corrected chi connectivity index (χ1v) is 7.81. The number of hydrogen-bond donors (Lipinski definition) is 1. The van der Waals surface area contributed by atoms with E-state index in [1.165, 1.54) is 11.8 Å². The molecule has 104 valence electrons. The summed E-state index contributed by atoms with van der Waals surface area (Å²) in [4.78, 5) is 21.1. The van der Waals surface area contributed by atoms with Crippen molar-refractivity contribution in [1.29, 1.82) is 0 Å². The molecule has 1 fully saturated rings. The molecule has 2 unspecified atom stereocenters. The van der Waals surface area contributed by atoms with Crippen molar-refractivity contribution in [2.75, 3.05) is 19.5 Å². The number of nitrogens with zero attached hydrogens (tertiary/aromatic N) is 3. The highest BCUT2D eigenvalue weighted by molar-refractivity contribution is 7.98. The highest BCUT2D eigenvalue weighted by Gasteiger charge is 2.37. The van der Waals surface area contributed by atoms with Crippen LogP contribution < -0.4 is 5.32 Å². The van der Waals surface area contributed by atoms with E-state index in [4.69, 9.17) is 4.74 Å². The molecule has 6 nitrogen and oxygen atoms in total. The maximum Gasteiger partial charge on any atom is 0.268 e. The Balaban J connectivity index is 1.95. The summed E-state index contributed by atoms with van der Waals surface area (Å²) in [6, 6.07) is 2.13. The second-order valence-electron chi connectivity index (χ2n) is 5.05. The Morgan fingerprint density at radius 3 is 3.30 bits per heavy atom. The Hall–Kier alpha value is -1.60. The van der Waals surface area contributed by atoms with Gasteiger partial charge in [0.05, 0.1) is 18.7 Å². The summed E-state index contributed by atoms with van der Waals surface area (Å²) >= 11 is 1.51. The van der Waals surface area contributed by atoms with Gasteiger partial charge >= 0.3 is 0 Å². The molecule has 1 amide bonds. The molecular formula is C13H14N4O2S. The molecule has 2 aliphatic heterocycles. The number of nitrogens with one attached hydrogen (secondary N) is 1. The predicted octanol–water partition coefficient (Wildman–Crippen LogP) is 1.23. The molecule has 0 aliphatic carbocycles. The van der Waals surface area contributed by atoms with Crippen LogP contribution in [0, 0.1) is 0 Å². The Labute approximate surface area is 119 Å². The van der Waals surface area contributed by atoms with Crippen molar-refractivity contribution >= 4 is 28.7 Å². The number of amides is 1. The van der Waals surface area contributed by atoms with Crippen LogP contribution in [-0.4, -0.2) is 46.0 Å². The first-order chi connectivity index (χ1) is 9.78. The molecule has 4 heterocycles.